The number of nitro groups is 1. The van der Waals surface area contributed by atoms with Crippen LogP contribution in [0.25, 0.3) is 11.0 Å². The van der Waals surface area contributed by atoms with Gasteiger partial charge in [0.05, 0.1) is 16.7 Å². The number of hydrogen-bond acceptors (Lipinski definition) is 5. The smallest absolute Gasteiger partial charge is 0.269 e. The first-order valence-electron chi connectivity index (χ1n) is 6.51. The van der Waals surface area contributed by atoms with Crippen molar-refractivity contribution in [2.24, 2.45) is 0 Å². The fourth-order valence-electron chi connectivity index (χ4n) is 2.07. The van der Waals surface area contributed by atoms with Gasteiger partial charge in [0.15, 0.2) is 11.4 Å². The number of para-hydroxylation sites is 1. The Morgan fingerprint density at radius 2 is 1.91 bits per heavy atom. The molecule has 110 valence electrons. The Labute approximate surface area is 124 Å². The summed E-state index contributed by atoms with van der Waals surface area (Å²) in [7, 11) is 0. The number of hydrogen-bond donors (Lipinski definition) is 1. The second-order valence-electron chi connectivity index (χ2n) is 4.68. The standard InChI is InChI=1S/C15H11N3O4/c19-14(9-10-5-7-11(8-6-10)18(20)21)16-15-12-3-1-2-4-13(12)22-17-15/h1-8H,9H2,(H,16,17,19). The Morgan fingerprint density at radius 1 is 1.18 bits per heavy atom. The van der Waals surface area contributed by atoms with Gasteiger partial charge in [0.1, 0.15) is 0 Å². The van der Waals surface area contributed by atoms with E-state index in [-0.39, 0.29) is 18.0 Å². The molecule has 1 amide bonds. The van der Waals surface area contributed by atoms with E-state index in [0.717, 1.165) is 5.39 Å². The van der Waals surface area contributed by atoms with Crippen molar-refractivity contribution < 1.29 is 14.2 Å². The number of aromatic nitrogens is 1. The predicted molar refractivity (Wildman–Crippen MR) is 79.4 cm³/mol. The SMILES string of the molecule is O=C(Cc1ccc([N+](=O)[O-])cc1)Nc1noc2ccccc12. The highest BCUT2D eigenvalue weighted by Gasteiger charge is 2.12. The fraction of sp³-hybridized carbons (Fsp3) is 0.0667. The number of carbonyl (C=O) groups excluding carboxylic acids is 1. The van der Waals surface area contributed by atoms with Crippen LogP contribution in [0.3, 0.4) is 0 Å². The molecule has 0 aliphatic carbocycles. The summed E-state index contributed by atoms with van der Waals surface area (Å²) in [5.74, 6) is 0.0930. The summed E-state index contributed by atoms with van der Waals surface area (Å²) in [6, 6.07) is 13.0. The summed E-state index contributed by atoms with van der Waals surface area (Å²) in [4.78, 5) is 22.1. The van der Waals surface area contributed by atoms with Crippen molar-refractivity contribution in [3.63, 3.8) is 0 Å². The van der Waals surface area contributed by atoms with Gasteiger partial charge in [-0.2, -0.15) is 0 Å². The first-order chi connectivity index (χ1) is 10.6. The maximum atomic E-state index is 12.0. The van der Waals surface area contributed by atoms with Gasteiger partial charge in [-0.3, -0.25) is 14.9 Å². The van der Waals surface area contributed by atoms with Gasteiger partial charge >= 0.3 is 0 Å². The van der Waals surface area contributed by atoms with Crippen molar-refractivity contribution >= 4 is 28.4 Å². The minimum atomic E-state index is -0.481. The predicted octanol–water partition coefficient (Wildman–Crippen LogP) is 2.92. The molecular formula is C15H11N3O4. The van der Waals surface area contributed by atoms with Crippen LogP contribution in [0, 0.1) is 10.1 Å². The summed E-state index contributed by atoms with van der Waals surface area (Å²) in [5, 5.41) is 17.8. The van der Waals surface area contributed by atoms with Gasteiger partial charge in [0.2, 0.25) is 5.91 Å². The third kappa shape index (κ3) is 2.78. The van der Waals surface area contributed by atoms with Gasteiger partial charge in [-0.1, -0.05) is 29.4 Å². The molecule has 1 N–H and O–H groups in total. The third-order valence-electron chi connectivity index (χ3n) is 3.15. The molecule has 7 nitrogen and oxygen atoms in total. The normalized spacial score (nSPS) is 10.5. The lowest BCUT2D eigenvalue weighted by Crippen LogP contribution is -2.14. The fourth-order valence-corrected chi connectivity index (χ4v) is 2.07. The zero-order valence-electron chi connectivity index (χ0n) is 11.4. The number of carbonyl (C=O) groups is 1. The van der Waals surface area contributed by atoms with E-state index >= 15 is 0 Å². The maximum Gasteiger partial charge on any atom is 0.269 e. The van der Waals surface area contributed by atoms with Crippen molar-refractivity contribution in [2.45, 2.75) is 6.42 Å². The van der Waals surface area contributed by atoms with Crippen molar-refractivity contribution in [1.82, 2.24) is 5.16 Å². The van der Waals surface area contributed by atoms with Crippen LogP contribution in [0.1, 0.15) is 5.56 Å². The van der Waals surface area contributed by atoms with E-state index in [1.807, 2.05) is 12.1 Å². The number of rotatable bonds is 4. The van der Waals surface area contributed by atoms with Crippen LogP contribution in [0.15, 0.2) is 53.1 Å². The van der Waals surface area contributed by atoms with Gasteiger partial charge in [-0.25, -0.2) is 0 Å². The molecule has 3 aromatic rings. The average molecular weight is 297 g/mol. The maximum absolute atomic E-state index is 12.0. The summed E-state index contributed by atoms with van der Waals surface area (Å²) < 4.78 is 5.10. The van der Waals surface area contributed by atoms with Crippen molar-refractivity contribution in [3.8, 4) is 0 Å². The van der Waals surface area contributed by atoms with E-state index in [2.05, 4.69) is 10.5 Å². The molecule has 0 unspecified atom stereocenters. The summed E-state index contributed by atoms with van der Waals surface area (Å²) >= 11 is 0. The zero-order valence-corrected chi connectivity index (χ0v) is 11.4. The van der Waals surface area contributed by atoms with Gasteiger partial charge in [-0.15, -0.1) is 0 Å². The molecule has 22 heavy (non-hydrogen) atoms. The van der Waals surface area contributed by atoms with Gasteiger partial charge in [0.25, 0.3) is 5.69 Å². The van der Waals surface area contributed by atoms with Crippen LogP contribution in [0.4, 0.5) is 11.5 Å². The lowest BCUT2D eigenvalue weighted by atomic mass is 10.1. The molecule has 0 fully saturated rings. The van der Waals surface area contributed by atoms with Crippen LogP contribution in [-0.2, 0) is 11.2 Å². The van der Waals surface area contributed by atoms with E-state index < -0.39 is 4.92 Å². The molecule has 2 aromatic carbocycles. The van der Waals surface area contributed by atoms with E-state index in [0.29, 0.717) is 17.0 Å². The zero-order chi connectivity index (χ0) is 15.5. The van der Waals surface area contributed by atoms with E-state index in [4.69, 9.17) is 4.52 Å². The number of amides is 1. The second-order valence-corrected chi connectivity index (χ2v) is 4.68. The molecule has 1 aromatic heterocycles. The highest BCUT2D eigenvalue weighted by atomic mass is 16.6. The molecule has 0 aliphatic heterocycles. The Kier molecular flexibility index (Phi) is 3.53. The average Bonchev–Trinajstić information content (AvgIpc) is 2.91. The first kappa shape index (κ1) is 13.7. The Bertz CT molecular complexity index is 839. The molecule has 0 radical (unpaired) electrons. The summed E-state index contributed by atoms with van der Waals surface area (Å²) in [6.45, 7) is 0. The number of nitrogens with one attached hydrogen (secondary N) is 1. The van der Waals surface area contributed by atoms with Crippen molar-refractivity contribution in [2.75, 3.05) is 5.32 Å². The third-order valence-corrected chi connectivity index (χ3v) is 3.15. The lowest BCUT2D eigenvalue weighted by molar-refractivity contribution is -0.384. The van der Waals surface area contributed by atoms with E-state index in [9.17, 15) is 14.9 Å². The Hall–Kier alpha value is -3.22. The van der Waals surface area contributed by atoms with Gasteiger partial charge in [-0.05, 0) is 17.7 Å². The number of non-ortho nitro benzene ring substituents is 1. The highest BCUT2D eigenvalue weighted by Crippen LogP contribution is 2.22. The van der Waals surface area contributed by atoms with E-state index in [1.54, 1.807) is 24.3 Å². The molecular weight excluding hydrogens is 286 g/mol. The van der Waals surface area contributed by atoms with Crippen LogP contribution >= 0.6 is 0 Å². The number of benzene rings is 2. The van der Waals surface area contributed by atoms with E-state index in [1.165, 1.54) is 12.1 Å². The molecule has 0 spiro atoms. The van der Waals surface area contributed by atoms with Crippen molar-refractivity contribution in [1.29, 1.82) is 0 Å². The largest absolute Gasteiger partial charge is 0.354 e. The van der Waals surface area contributed by atoms with Crippen LogP contribution in [0.2, 0.25) is 0 Å². The summed E-state index contributed by atoms with van der Waals surface area (Å²) in [6.07, 6.45) is 0.0964. The molecule has 0 aliphatic rings. The number of nitro benzene ring substituents is 1. The number of fused-ring (bicyclic) bond motifs is 1. The van der Waals surface area contributed by atoms with Crippen molar-refractivity contribution in [3.05, 3.63) is 64.2 Å². The Balaban J connectivity index is 1.71. The lowest BCUT2D eigenvalue weighted by Gasteiger charge is -2.02. The number of anilines is 1. The molecule has 0 bridgehead atoms. The Morgan fingerprint density at radius 3 is 2.64 bits per heavy atom. The molecule has 1 heterocycles. The van der Waals surface area contributed by atoms with Crippen LogP contribution in [0.5, 0.6) is 0 Å². The summed E-state index contributed by atoms with van der Waals surface area (Å²) in [5.41, 5.74) is 1.26. The van der Waals surface area contributed by atoms with Crippen LogP contribution < -0.4 is 5.32 Å². The topological polar surface area (TPSA) is 98.3 Å². The molecule has 7 heteroatoms. The molecule has 0 atom stereocenters. The second kappa shape index (κ2) is 5.65. The molecule has 3 rings (SSSR count). The minimum Gasteiger partial charge on any atom is -0.354 e. The minimum absolute atomic E-state index is 0.00773. The quantitative estimate of drug-likeness (QED) is 0.589. The highest BCUT2D eigenvalue weighted by molar-refractivity contribution is 5.99. The first-order valence-corrected chi connectivity index (χ1v) is 6.51. The molecule has 0 saturated heterocycles. The van der Waals surface area contributed by atoms with Gasteiger partial charge in [0, 0.05) is 12.1 Å². The van der Waals surface area contributed by atoms with Crippen LogP contribution in [-0.4, -0.2) is 16.0 Å². The monoisotopic (exact) mass is 297 g/mol. The molecule has 0 saturated carbocycles. The van der Waals surface area contributed by atoms with Gasteiger partial charge < -0.3 is 9.84 Å². The number of nitrogens with zero attached hydrogens (tertiary/aromatic N) is 2.